The van der Waals surface area contributed by atoms with E-state index in [2.05, 4.69) is 0 Å². The molecule has 2 unspecified atom stereocenters. The normalized spacial score (nSPS) is 24.7. The summed E-state index contributed by atoms with van der Waals surface area (Å²) in [6, 6.07) is -0.119. The van der Waals surface area contributed by atoms with Gasteiger partial charge in [-0.1, -0.05) is 13.8 Å². The molecule has 0 aromatic heterocycles. The zero-order chi connectivity index (χ0) is 10.7. The number of carbonyl (C=O) groups excluding carboxylic acids is 1. The molecule has 0 spiro atoms. The van der Waals surface area contributed by atoms with Crippen LogP contribution in [0, 0.1) is 5.92 Å². The summed E-state index contributed by atoms with van der Waals surface area (Å²) < 4.78 is 0. The molecule has 1 aliphatic heterocycles. The number of likely N-dealkylation sites (tertiary alicyclic amines) is 1. The topological polar surface area (TPSA) is 81.6 Å². The van der Waals surface area contributed by atoms with Gasteiger partial charge in [0, 0.05) is 13.1 Å². The van der Waals surface area contributed by atoms with Gasteiger partial charge in [-0.2, -0.15) is 0 Å². The van der Waals surface area contributed by atoms with Crippen LogP contribution in [0.25, 0.3) is 0 Å². The Morgan fingerprint density at radius 2 is 2.29 bits per heavy atom. The van der Waals surface area contributed by atoms with Gasteiger partial charge in [0.25, 0.3) is 0 Å². The molecule has 5 heteroatoms. The largest absolute Gasteiger partial charge is 0.368 e. The standard InChI is InChI=1S/C9H19N3O2/c1-6(2)8(14-11)5-12-4-3-7(12)9(10)13/h6-8H,3-5,11H2,1-2H3,(H2,10,13). The van der Waals surface area contributed by atoms with Crippen molar-refractivity contribution >= 4 is 5.91 Å². The Hall–Kier alpha value is -0.650. The lowest BCUT2D eigenvalue weighted by Gasteiger charge is -2.40. The van der Waals surface area contributed by atoms with Crippen LogP contribution in [0.2, 0.25) is 0 Å². The summed E-state index contributed by atoms with van der Waals surface area (Å²) in [5.41, 5.74) is 5.23. The Kier molecular flexibility index (Phi) is 3.86. The molecule has 5 nitrogen and oxygen atoms in total. The quantitative estimate of drug-likeness (QED) is 0.585. The third kappa shape index (κ3) is 2.43. The molecule has 1 rings (SSSR count). The number of nitrogens with two attached hydrogens (primary N) is 2. The molecule has 0 radical (unpaired) electrons. The summed E-state index contributed by atoms with van der Waals surface area (Å²) in [6.45, 7) is 5.66. The number of rotatable bonds is 5. The van der Waals surface area contributed by atoms with Crippen LogP contribution in [-0.2, 0) is 9.63 Å². The maximum Gasteiger partial charge on any atom is 0.234 e. The first-order valence-corrected chi connectivity index (χ1v) is 4.95. The summed E-state index contributed by atoms with van der Waals surface area (Å²) >= 11 is 0. The Bertz CT molecular complexity index is 208. The molecule has 82 valence electrons. The van der Waals surface area contributed by atoms with E-state index in [0.29, 0.717) is 12.5 Å². The van der Waals surface area contributed by atoms with Crippen molar-refractivity contribution in [3.63, 3.8) is 0 Å². The van der Waals surface area contributed by atoms with Crippen LogP contribution in [-0.4, -0.2) is 36.0 Å². The highest BCUT2D eigenvalue weighted by molar-refractivity contribution is 5.80. The summed E-state index contributed by atoms with van der Waals surface area (Å²) in [4.78, 5) is 17.8. The summed E-state index contributed by atoms with van der Waals surface area (Å²) in [7, 11) is 0. The van der Waals surface area contributed by atoms with E-state index in [1.54, 1.807) is 0 Å². The summed E-state index contributed by atoms with van der Waals surface area (Å²) in [5.74, 6) is 5.27. The van der Waals surface area contributed by atoms with Crippen LogP contribution in [0.15, 0.2) is 0 Å². The number of amides is 1. The molecule has 14 heavy (non-hydrogen) atoms. The fraction of sp³-hybridized carbons (Fsp3) is 0.889. The van der Waals surface area contributed by atoms with Crippen LogP contribution in [0.4, 0.5) is 0 Å². The molecule has 1 fully saturated rings. The molecule has 0 saturated carbocycles. The second-order valence-corrected chi connectivity index (χ2v) is 4.12. The van der Waals surface area contributed by atoms with E-state index in [1.807, 2.05) is 18.7 Å². The fourth-order valence-corrected chi connectivity index (χ4v) is 1.62. The predicted molar refractivity (Wildman–Crippen MR) is 53.1 cm³/mol. The van der Waals surface area contributed by atoms with Gasteiger partial charge in [-0.05, 0) is 12.3 Å². The van der Waals surface area contributed by atoms with Crippen molar-refractivity contribution in [3.05, 3.63) is 0 Å². The van der Waals surface area contributed by atoms with E-state index in [9.17, 15) is 4.79 Å². The van der Waals surface area contributed by atoms with Crippen molar-refractivity contribution in [1.29, 1.82) is 0 Å². The SMILES string of the molecule is CC(C)C(CN1CCC1C(N)=O)ON. The highest BCUT2D eigenvalue weighted by Crippen LogP contribution is 2.19. The van der Waals surface area contributed by atoms with Crippen LogP contribution in [0.1, 0.15) is 20.3 Å². The Labute approximate surface area is 84.3 Å². The van der Waals surface area contributed by atoms with Crippen molar-refractivity contribution in [2.75, 3.05) is 13.1 Å². The molecule has 0 aliphatic carbocycles. The zero-order valence-corrected chi connectivity index (χ0v) is 8.77. The minimum Gasteiger partial charge on any atom is -0.368 e. The second-order valence-electron chi connectivity index (χ2n) is 4.12. The van der Waals surface area contributed by atoms with Gasteiger partial charge in [0.05, 0.1) is 12.1 Å². The van der Waals surface area contributed by atoms with E-state index in [1.165, 1.54) is 0 Å². The zero-order valence-electron chi connectivity index (χ0n) is 8.77. The maximum atomic E-state index is 10.9. The van der Waals surface area contributed by atoms with Crippen molar-refractivity contribution in [1.82, 2.24) is 4.90 Å². The minimum absolute atomic E-state index is 0.0304. The first-order valence-electron chi connectivity index (χ1n) is 4.95. The Morgan fingerprint density at radius 1 is 1.64 bits per heavy atom. The van der Waals surface area contributed by atoms with Crippen molar-refractivity contribution in [2.24, 2.45) is 17.5 Å². The Morgan fingerprint density at radius 3 is 2.57 bits per heavy atom. The molecule has 0 bridgehead atoms. The average Bonchev–Trinajstić information content (AvgIpc) is 2.01. The molecule has 4 N–H and O–H groups in total. The predicted octanol–water partition coefficient (Wildman–Crippen LogP) is -0.539. The van der Waals surface area contributed by atoms with Gasteiger partial charge in [0.1, 0.15) is 0 Å². The molecule has 2 atom stereocenters. The van der Waals surface area contributed by atoms with Gasteiger partial charge in [0.2, 0.25) is 5.91 Å². The smallest absolute Gasteiger partial charge is 0.234 e. The molecule has 1 amide bonds. The maximum absolute atomic E-state index is 10.9. The number of hydrogen-bond donors (Lipinski definition) is 2. The third-order valence-corrected chi connectivity index (χ3v) is 2.79. The average molecular weight is 201 g/mol. The Balaban J connectivity index is 2.40. The second kappa shape index (κ2) is 4.72. The van der Waals surface area contributed by atoms with Gasteiger partial charge in [-0.15, -0.1) is 0 Å². The van der Waals surface area contributed by atoms with Crippen molar-refractivity contribution in [2.45, 2.75) is 32.4 Å². The minimum atomic E-state index is -0.254. The van der Waals surface area contributed by atoms with E-state index in [-0.39, 0.29) is 18.1 Å². The molecule has 0 aromatic rings. The third-order valence-electron chi connectivity index (χ3n) is 2.79. The van der Waals surface area contributed by atoms with E-state index in [4.69, 9.17) is 16.5 Å². The van der Waals surface area contributed by atoms with Gasteiger partial charge < -0.3 is 5.73 Å². The number of hydrogen-bond acceptors (Lipinski definition) is 4. The lowest BCUT2D eigenvalue weighted by molar-refractivity contribution is -0.129. The summed E-state index contributed by atoms with van der Waals surface area (Å²) in [6.07, 6.45) is 0.821. The molecule has 1 heterocycles. The molecular weight excluding hydrogens is 182 g/mol. The first kappa shape index (κ1) is 11.4. The highest BCUT2D eigenvalue weighted by Gasteiger charge is 2.34. The van der Waals surface area contributed by atoms with E-state index < -0.39 is 0 Å². The van der Waals surface area contributed by atoms with Crippen molar-refractivity contribution < 1.29 is 9.63 Å². The molecule has 1 aliphatic rings. The first-order chi connectivity index (χ1) is 6.56. The van der Waals surface area contributed by atoms with Crippen LogP contribution in [0.5, 0.6) is 0 Å². The molecule has 0 aromatic carbocycles. The van der Waals surface area contributed by atoms with Crippen molar-refractivity contribution in [3.8, 4) is 0 Å². The molecule has 1 saturated heterocycles. The van der Waals surface area contributed by atoms with Crippen LogP contribution < -0.4 is 11.6 Å². The highest BCUT2D eigenvalue weighted by atomic mass is 16.6. The lowest BCUT2D eigenvalue weighted by atomic mass is 9.99. The van der Waals surface area contributed by atoms with Gasteiger partial charge >= 0.3 is 0 Å². The van der Waals surface area contributed by atoms with Gasteiger partial charge in [-0.3, -0.25) is 14.5 Å². The summed E-state index contributed by atoms with van der Waals surface area (Å²) in [5, 5.41) is 0. The van der Waals surface area contributed by atoms with E-state index >= 15 is 0 Å². The lowest BCUT2D eigenvalue weighted by Crippen LogP contribution is -2.57. The fourth-order valence-electron chi connectivity index (χ4n) is 1.62. The van der Waals surface area contributed by atoms with E-state index in [0.717, 1.165) is 13.0 Å². The van der Waals surface area contributed by atoms with Gasteiger partial charge in [0.15, 0.2) is 0 Å². The molecular formula is C9H19N3O2. The number of primary amides is 1. The monoisotopic (exact) mass is 201 g/mol. The van der Waals surface area contributed by atoms with Gasteiger partial charge in [-0.25, -0.2) is 5.90 Å². The number of carbonyl (C=O) groups is 1. The van der Waals surface area contributed by atoms with Crippen LogP contribution in [0.3, 0.4) is 0 Å². The van der Waals surface area contributed by atoms with Crippen LogP contribution >= 0.6 is 0 Å². The number of nitrogens with zero attached hydrogens (tertiary/aromatic N) is 1.